The van der Waals surface area contributed by atoms with Crippen molar-refractivity contribution in [1.82, 2.24) is 4.98 Å². The second-order valence-electron chi connectivity index (χ2n) is 6.28. The summed E-state index contributed by atoms with van der Waals surface area (Å²) in [6, 6.07) is 0.855. The van der Waals surface area contributed by atoms with Crippen LogP contribution in [0.15, 0.2) is 12.3 Å². The number of amides is 1. The lowest BCUT2D eigenvalue weighted by Gasteiger charge is -2.21. The van der Waals surface area contributed by atoms with Crippen molar-refractivity contribution in [2.24, 2.45) is 0 Å². The second-order valence-corrected chi connectivity index (χ2v) is 6.28. The number of halogens is 3. The number of alkyl halides is 3. The van der Waals surface area contributed by atoms with Gasteiger partial charge in [-0.3, -0.25) is 10.3 Å². The maximum absolute atomic E-state index is 13.3. The molecule has 1 aliphatic heterocycles. The molecule has 1 fully saturated rings. The fourth-order valence-corrected chi connectivity index (χ4v) is 2.24. The molecule has 1 aromatic heterocycles. The SMILES string of the molecule is CC(C)(C)OC(=O)Nc1cnc(C2CCCO2)c(C(F)(F)F)c1. The lowest BCUT2D eigenvalue weighted by atomic mass is 10.1. The van der Waals surface area contributed by atoms with Crippen LogP contribution >= 0.6 is 0 Å². The number of nitrogens with zero attached hydrogens (tertiary/aromatic N) is 1. The van der Waals surface area contributed by atoms with Gasteiger partial charge in [0, 0.05) is 6.61 Å². The number of aromatic nitrogens is 1. The maximum Gasteiger partial charge on any atom is 0.418 e. The molecule has 1 saturated heterocycles. The topological polar surface area (TPSA) is 60.5 Å². The van der Waals surface area contributed by atoms with Crippen LogP contribution in [-0.2, 0) is 15.7 Å². The Hall–Kier alpha value is -1.83. The Morgan fingerprint density at radius 3 is 2.61 bits per heavy atom. The van der Waals surface area contributed by atoms with Crippen LogP contribution in [0, 0.1) is 0 Å². The molecular formula is C15H19F3N2O3. The third kappa shape index (κ3) is 4.82. The standard InChI is InChI=1S/C15H19F3N2O3/c1-14(2,3)23-13(21)20-9-7-10(15(16,17)18)12(19-8-9)11-5-4-6-22-11/h7-8,11H,4-6H2,1-3H3,(H,20,21). The summed E-state index contributed by atoms with van der Waals surface area (Å²) in [6.45, 7) is 5.40. The minimum absolute atomic E-state index is 0.0756. The summed E-state index contributed by atoms with van der Waals surface area (Å²) in [4.78, 5) is 15.5. The third-order valence-electron chi connectivity index (χ3n) is 3.10. The van der Waals surface area contributed by atoms with Gasteiger partial charge < -0.3 is 9.47 Å². The first-order valence-corrected chi connectivity index (χ1v) is 7.25. The van der Waals surface area contributed by atoms with Crippen molar-refractivity contribution < 1.29 is 27.4 Å². The Kier molecular flexibility index (Phi) is 4.84. The zero-order chi connectivity index (χ0) is 17.3. The van der Waals surface area contributed by atoms with Gasteiger partial charge in [0.15, 0.2) is 0 Å². The van der Waals surface area contributed by atoms with Crippen LogP contribution in [0.1, 0.15) is 51.0 Å². The maximum atomic E-state index is 13.3. The molecule has 2 heterocycles. The molecule has 5 nitrogen and oxygen atoms in total. The van der Waals surface area contributed by atoms with Crippen molar-refractivity contribution in [3.05, 3.63) is 23.5 Å². The van der Waals surface area contributed by atoms with E-state index in [-0.39, 0.29) is 11.4 Å². The molecule has 0 radical (unpaired) electrons. The molecule has 0 bridgehead atoms. The van der Waals surface area contributed by atoms with Gasteiger partial charge >= 0.3 is 12.3 Å². The largest absolute Gasteiger partial charge is 0.444 e. The number of hydrogen-bond donors (Lipinski definition) is 1. The van der Waals surface area contributed by atoms with Crippen LogP contribution in [-0.4, -0.2) is 23.3 Å². The molecule has 1 unspecified atom stereocenters. The number of ether oxygens (including phenoxy) is 2. The Bertz CT molecular complexity index is 576. The molecule has 23 heavy (non-hydrogen) atoms. The average molecular weight is 332 g/mol. The van der Waals surface area contributed by atoms with Crippen molar-refractivity contribution in [3.63, 3.8) is 0 Å². The predicted octanol–water partition coefficient (Wildman–Crippen LogP) is 4.30. The van der Waals surface area contributed by atoms with Crippen LogP contribution in [0.25, 0.3) is 0 Å². The van der Waals surface area contributed by atoms with E-state index >= 15 is 0 Å². The number of nitrogens with one attached hydrogen (secondary N) is 1. The molecule has 0 saturated carbocycles. The Balaban J connectivity index is 2.24. The molecule has 0 spiro atoms. The summed E-state index contributed by atoms with van der Waals surface area (Å²) in [6.07, 6.45) is -3.72. The van der Waals surface area contributed by atoms with Gasteiger partial charge in [-0.25, -0.2) is 4.79 Å². The highest BCUT2D eigenvalue weighted by molar-refractivity contribution is 5.84. The number of pyridine rings is 1. The summed E-state index contributed by atoms with van der Waals surface area (Å²) in [5, 5.41) is 2.26. The average Bonchev–Trinajstić information content (AvgIpc) is 2.88. The van der Waals surface area contributed by atoms with E-state index in [0.29, 0.717) is 19.4 Å². The summed E-state index contributed by atoms with van der Waals surface area (Å²) in [5.41, 5.74) is -1.88. The monoisotopic (exact) mass is 332 g/mol. The molecule has 2 rings (SSSR count). The normalized spacial score (nSPS) is 18.8. The molecule has 128 valence electrons. The smallest absolute Gasteiger partial charge is 0.418 e. The number of carbonyl (C=O) groups is 1. The van der Waals surface area contributed by atoms with E-state index in [9.17, 15) is 18.0 Å². The summed E-state index contributed by atoms with van der Waals surface area (Å²) < 4.78 is 50.1. The fraction of sp³-hybridized carbons (Fsp3) is 0.600. The van der Waals surface area contributed by atoms with E-state index in [1.807, 2.05) is 0 Å². The number of carbonyl (C=O) groups excluding carboxylic acids is 1. The van der Waals surface area contributed by atoms with Gasteiger partial charge in [-0.05, 0) is 39.7 Å². The molecular weight excluding hydrogens is 313 g/mol. The Morgan fingerprint density at radius 2 is 2.09 bits per heavy atom. The van der Waals surface area contributed by atoms with E-state index < -0.39 is 29.5 Å². The zero-order valence-electron chi connectivity index (χ0n) is 13.2. The van der Waals surface area contributed by atoms with Crippen molar-refractivity contribution in [2.45, 2.75) is 51.5 Å². The van der Waals surface area contributed by atoms with E-state index in [0.717, 1.165) is 6.07 Å². The highest BCUT2D eigenvalue weighted by atomic mass is 19.4. The van der Waals surface area contributed by atoms with Gasteiger partial charge in [-0.1, -0.05) is 0 Å². The minimum Gasteiger partial charge on any atom is -0.444 e. The van der Waals surface area contributed by atoms with Gasteiger partial charge in [0.1, 0.15) is 11.7 Å². The van der Waals surface area contributed by atoms with E-state index in [4.69, 9.17) is 9.47 Å². The van der Waals surface area contributed by atoms with Gasteiger partial charge in [0.25, 0.3) is 0 Å². The highest BCUT2D eigenvalue weighted by Gasteiger charge is 2.38. The molecule has 1 aromatic rings. The summed E-state index contributed by atoms with van der Waals surface area (Å²) in [7, 11) is 0. The quantitative estimate of drug-likeness (QED) is 0.877. The molecule has 1 N–H and O–H groups in total. The van der Waals surface area contributed by atoms with Gasteiger partial charge in [-0.2, -0.15) is 13.2 Å². The second kappa shape index (κ2) is 6.35. The van der Waals surface area contributed by atoms with E-state index in [1.54, 1.807) is 20.8 Å². The zero-order valence-corrected chi connectivity index (χ0v) is 13.2. The van der Waals surface area contributed by atoms with Gasteiger partial charge in [0.05, 0.1) is 23.1 Å². The molecule has 0 aromatic carbocycles. The molecule has 1 amide bonds. The lowest BCUT2D eigenvalue weighted by molar-refractivity contribution is -0.139. The molecule has 8 heteroatoms. The van der Waals surface area contributed by atoms with Crippen LogP contribution in [0.4, 0.5) is 23.7 Å². The highest BCUT2D eigenvalue weighted by Crippen LogP contribution is 2.39. The fourth-order valence-electron chi connectivity index (χ4n) is 2.24. The first kappa shape index (κ1) is 17.5. The Labute approximate surface area is 132 Å². The number of anilines is 1. The number of rotatable bonds is 2. The van der Waals surface area contributed by atoms with E-state index in [1.165, 1.54) is 6.20 Å². The van der Waals surface area contributed by atoms with Crippen LogP contribution in [0.3, 0.4) is 0 Å². The molecule has 1 atom stereocenters. The molecule has 1 aliphatic rings. The van der Waals surface area contributed by atoms with Crippen molar-refractivity contribution >= 4 is 11.8 Å². The predicted molar refractivity (Wildman–Crippen MR) is 77.0 cm³/mol. The van der Waals surface area contributed by atoms with Crippen LogP contribution < -0.4 is 5.32 Å². The van der Waals surface area contributed by atoms with Crippen molar-refractivity contribution in [1.29, 1.82) is 0 Å². The molecule has 0 aliphatic carbocycles. The minimum atomic E-state index is -4.58. The van der Waals surface area contributed by atoms with Gasteiger partial charge in [0.2, 0.25) is 0 Å². The first-order chi connectivity index (χ1) is 10.6. The summed E-state index contributed by atoms with van der Waals surface area (Å²) in [5.74, 6) is 0. The van der Waals surface area contributed by atoms with Crippen LogP contribution in [0.5, 0.6) is 0 Å². The van der Waals surface area contributed by atoms with Crippen molar-refractivity contribution in [2.75, 3.05) is 11.9 Å². The lowest BCUT2D eigenvalue weighted by Crippen LogP contribution is -2.27. The van der Waals surface area contributed by atoms with Gasteiger partial charge in [-0.15, -0.1) is 0 Å². The third-order valence-corrected chi connectivity index (χ3v) is 3.10. The number of hydrogen-bond acceptors (Lipinski definition) is 4. The first-order valence-electron chi connectivity index (χ1n) is 7.25. The van der Waals surface area contributed by atoms with Crippen molar-refractivity contribution in [3.8, 4) is 0 Å². The van der Waals surface area contributed by atoms with Crippen LogP contribution in [0.2, 0.25) is 0 Å². The van der Waals surface area contributed by atoms with E-state index in [2.05, 4.69) is 10.3 Å². The Morgan fingerprint density at radius 1 is 1.39 bits per heavy atom. The summed E-state index contributed by atoms with van der Waals surface area (Å²) >= 11 is 0.